The summed E-state index contributed by atoms with van der Waals surface area (Å²) < 4.78 is 0. The maximum absolute atomic E-state index is 2.55. The molecule has 368 valence electrons. The molecule has 3 aliphatic rings. The van der Waals surface area contributed by atoms with Crippen molar-refractivity contribution in [1.29, 1.82) is 0 Å². The van der Waals surface area contributed by atoms with Crippen molar-refractivity contribution in [3.8, 4) is 66.8 Å². The van der Waals surface area contributed by atoms with E-state index in [9.17, 15) is 0 Å². The van der Waals surface area contributed by atoms with E-state index in [1.165, 1.54) is 128 Å². The molecule has 0 bridgehead atoms. The van der Waals surface area contributed by atoms with E-state index in [0.29, 0.717) is 0 Å². The Kier molecular flexibility index (Phi) is 14.2. The second-order valence-corrected chi connectivity index (χ2v) is 20.2. The van der Waals surface area contributed by atoms with E-state index < -0.39 is 0 Å². The van der Waals surface area contributed by atoms with Gasteiger partial charge < -0.3 is 0 Å². The highest BCUT2D eigenvalue weighted by Crippen LogP contribution is 2.64. The lowest BCUT2D eigenvalue weighted by Gasteiger charge is -2.31. The quantitative estimate of drug-likeness (QED) is 0.166. The number of benzene rings is 11. The van der Waals surface area contributed by atoms with Crippen molar-refractivity contribution in [3.63, 3.8) is 0 Å². The molecule has 0 aromatic heterocycles. The number of hydrogen-bond acceptors (Lipinski definition) is 0. The lowest BCUT2D eigenvalue weighted by atomic mass is 9.70. The zero-order chi connectivity index (χ0) is 52.3. The van der Waals surface area contributed by atoms with Crippen molar-refractivity contribution in [2.24, 2.45) is 0 Å². The van der Waals surface area contributed by atoms with Crippen molar-refractivity contribution in [2.45, 2.75) is 73.1 Å². The van der Waals surface area contributed by atoms with Crippen LogP contribution in [0, 0.1) is 20.8 Å². The predicted octanol–water partition coefficient (Wildman–Crippen LogP) is 20.8. The molecule has 3 aliphatic carbocycles. The molecule has 0 atom stereocenters. The van der Waals surface area contributed by atoms with Crippen LogP contribution in [-0.4, -0.2) is 0 Å². The molecule has 0 radical (unpaired) electrons. The van der Waals surface area contributed by atoms with Crippen molar-refractivity contribution >= 4 is 10.8 Å². The fraction of sp³-hybridized carbons (Fsp3) is 0.147. The first-order valence-corrected chi connectivity index (χ1v) is 27.1. The largest absolute Gasteiger partial charge is 0.0725 e. The summed E-state index contributed by atoms with van der Waals surface area (Å²) in [6, 6.07) is 91.2. The molecule has 0 aliphatic heterocycles. The van der Waals surface area contributed by atoms with E-state index in [1.54, 1.807) is 0 Å². The van der Waals surface area contributed by atoms with Gasteiger partial charge in [-0.3, -0.25) is 0 Å². The van der Waals surface area contributed by atoms with Gasteiger partial charge in [0.05, 0.1) is 5.41 Å². The Morgan fingerprint density at radius 1 is 0.240 bits per heavy atom. The Balaban J connectivity index is 0.000000174. The highest BCUT2D eigenvalue weighted by molar-refractivity contribution is 6.11. The van der Waals surface area contributed by atoms with Gasteiger partial charge in [0.1, 0.15) is 0 Å². The predicted molar refractivity (Wildman–Crippen MR) is 324 cm³/mol. The van der Waals surface area contributed by atoms with Crippen LogP contribution in [0.5, 0.6) is 0 Å². The van der Waals surface area contributed by atoms with Gasteiger partial charge in [0.2, 0.25) is 0 Å². The highest BCUT2D eigenvalue weighted by Gasteiger charge is 2.52. The van der Waals surface area contributed by atoms with Crippen LogP contribution in [-0.2, 0) is 10.8 Å². The zero-order valence-electron chi connectivity index (χ0n) is 45.2. The molecule has 1 spiro atoms. The maximum Gasteiger partial charge on any atom is 0.0725 e. The normalized spacial score (nSPS) is 12.8. The fourth-order valence-electron chi connectivity index (χ4n) is 12.0. The third-order valence-electron chi connectivity index (χ3n) is 15.5. The minimum absolute atomic E-state index is 0.0555. The van der Waals surface area contributed by atoms with Gasteiger partial charge in [-0.2, -0.15) is 0 Å². The molecule has 0 saturated carbocycles. The Hall–Kier alpha value is -8.32. The van der Waals surface area contributed by atoms with Gasteiger partial charge >= 0.3 is 0 Å². The van der Waals surface area contributed by atoms with Gasteiger partial charge in [0.25, 0.3) is 0 Å². The van der Waals surface area contributed by atoms with Gasteiger partial charge in [-0.1, -0.05) is 295 Å². The minimum atomic E-state index is -0.359. The van der Waals surface area contributed by atoms with Gasteiger partial charge in [-0.15, -0.1) is 0 Å². The second kappa shape index (κ2) is 21.3. The Morgan fingerprint density at radius 3 is 1.12 bits per heavy atom. The summed E-state index contributed by atoms with van der Waals surface area (Å²) in [5.41, 5.74) is 27.8. The van der Waals surface area contributed by atoms with Crippen LogP contribution in [0.25, 0.3) is 77.5 Å². The van der Waals surface area contributed by atoms with Gasteiger partial charge in [-0.25, -0.2) is 0 Å². The number of hydrogen-bond donors (Lipinski definition) is 0. The molecule has 14 rings (SSSR count). The van der Waals surface area contributed by atoms with Crippen LogP contribution >= 0.6 is 0 Å². The Labute approximate surface area is 447 Å². The van der Waals surface area contributed by atoms with Gasteiger partial charge in [-0.05, 0) is 144 Å². The van der Waals surface area contributed by atoms with E-state index in [1.807, 2.05) is 39.8 Å². The maximum atomic E-state index is 2.55. The fourth-order valence-corrected chi connectivity index (χ4v) is 12.0. The molecule has 0 heterocycles. The van der Waals surface area contributed by atoms with Crippen LogP contribution < -0.4 is 0 Å². The number of fused-ring (bicyclic) bond motifs is 15. The molecule has 0 N–H and O–H groups in total. The molecule has 0 nitrogen and oxygen atoms in total. The summed E-state index contributed by atoms with van der Waals surface area (Å²) in [7, 11) is 0. The smallest absolute Gasteiger partial charge is 0.0683 e. The van der Waals surface area contributed by atoms with E-state index in [0.717, 1.165) is 0 Å². The first-order chi connectivity index (χ1) is 36.7. The third-order valence-corrected chi connectivity index (χ3v) is 15.5. The highest BCUT2D eigenvalue weighted by atomic mass is 14.5. The Morgan fingerprint density at radius 2 is 0.600 bits per heavy atom. The van der Waals surface area contributed by atoms with Crippen LogP contribution in [0.3, 0.4) is 0 Å². The Bertz CT molecular complexity index is 3650. The molecule has 0 amide bonds. The lowest BCUT2D eigenvalue weighted by Crippen LogP contribution is -2.25. The van der Waals surface area contributed by atoms with E-state index in [2.05, 4.69) is 271 Å². The summed E-state index contributed by atoms with van der Waals surface area (Å²) >= 11 is 0. The lowest BCUT2D eigenvalue weighted by molar-refractivity contribution is 0.660. The average Bonchev–Trinajstić information content (AvgIpc) is 4.03. The summed E-state index contributed by atoms with van der Waals surface area (Å²) in [6.45, 7) is 19.2. The summed E-state index contributed by atoms with van der Waals surface area (Å²) in [6.07, 6.45) is 0. The third kappa shape index (κ3) is 8.83. The molecular weight excluding hydrogens is 901 g/mol. The monoisotopic (exact) mass is 969 g/mol. The standard InChI is InChI=1S/C45H32.2C13H12.2C2H6/c1-27-20-22-32-33-23-21-28(25-41(33)44(2,3)40(32)24-27)36-26-42-43(34-15-5-4-12-29(34)36)35-16-8-11-19-39(35)45(42)37-17-9-6-13-30(37)31-14-7-10-18-38(31)45;2*1-11-7-9-13(10-8-11)12-5-3-2-4-6-12;2*1-2/h4-26H,1-3H3;2*2-10H,1H3;2*1-2H3. The molecule has 11 aromatic rings. The summed E-state index contributed by atoms with van der Waals surface area (Å²) in [5.74, 6) is 0. The van der Waals surface area contributed by atoms with Crippen molar-refractivity contribution in [2.75, 3.05) is 0 Å². The van der Waals surface area contributed by atoms with Crippen LogP contribution in [0.2, 0.25) is 0 Å². The molecule has 0 heteroatoms. The molecule has 11 aromatic carbocycles. The van der Waals surface area contributed by atoms with Crippen LogP contribution in [0.15, 0.2) is 249 Å². The molecular formula is C75H68. The molecule has 0 fully saturated rings. The SMILES string of the molecule is CC.CC.Cc1ccc(-c2ccccc2)cc1.Cc1ccc(-c2ccccc2)cc1.Cc1ccc2c(c1)C(C)(C)c1cc(-c3cc4c(c5ccccc35)-c3ccccc3C43c4ccccc4-c4ccccc43)ccc1-2. The van der Waals surface area contributed by atoms with Crippen molar-refractivity contribution in [3.05, 3.63) is 299 Å². The van der Waals surface area contributed by atoms with Crippen LogP contribution in [0.4, 0.5) is 0 Å². The average molecular weight is 969 g/mol. The zero-order valence-corrected chi connectivity index (χ0v) is 45.2. The van der Waals surface area contributed by atoms with E-state index >= 15 is 0 Å². The minimum Gasteiger partial charge on any atom is -0.0683 e. The summed E-state index contributed by atoms with van der Waals surface area (Å²) in [4.78, 5) is 0. The first kappa shape index (κ1) is 50.2. The summed E-state index contributed by atoms with van der Waals surface area (Å²) in [5, 5.41) is 2.64. The molecule has 75 heavy (non-hydrogen) atoms. The van der Waals surface area contributed by atoms with E-state index in [-0.39, 0.29) is 10.8 Å². The topological polar surface area (TPSA) is 0 Å². The second-order valence-electron chi connectivity index (χ2n) is 20.2. The van der Waals surface area contributed by atoms with Gasteiger partial charge in [0, 0.05) is 5.41 Å². The first-order valence-electron chi connectivity index (χ1n) is 27.1. The van der Waals surface area contributed by atoms with E-state index in [4.69, 9.17) is 0 Å². The van der Waals surface area contributed by atoms with Gasteiger partial charge in [0.15, 0.2) is 0 Å². The van der Waals surface area contributed by atoms with Crippen LogP contribution in [0.1, 0.15) is 91.6 Å². The van der Waals surface area contributed by atoms with Crippen molar-refractivity contribution < 1.29 is 0 Å². The molecule has 0 saturated heterocycles. The number of aryl methyl sites for hydroxylation is 3. The molecule has 0 unspecified atom stereocenters. The number of rotatable bonds is 3. The van der Waals surface area contributed by atoms with Crippen molar-refractivity contribution in [1.82, 2.24) is 0 Å².